The van der Waals surface area contributed by atoms with Crippen molar-refractivity contribution in [3.05, 3.63) is 136 Å². The van der Waals surface area contributed by atoms with Crippen LogP contribution in [0.25, 0.3) is 10.8 Å². The zero-order chi connectivity index (χ0) is 28.9. The van der Waals surface area contributed by atoms with Crippen LogP contribution < -0.4 is 10.6 Å². The minimum absolute atomic E-state index is 0.0493. The van der Waals surface area contributed by atoms with Crippen LogP contribution in [0.4, 0.5) is 15.8 Å². The third-order valence-corrected chi connectivity index (χ3v) is 8.03. The Morgan fingerprint density at radius 1 is 0.780 bits per heavy atom. The van der Waals surface area contributed by atoms with Crippen molar-refractivity contribution in [3.63, 3.8) is 0 Å². The Hall–Kier alpha value is -4.47. The van der Waals surface area contributed by atoms with Crippen molar-refractivity contribution in [1.82, 2.24) is 0 Å². The first-order chi connectivity index (χ1) is 19.8. The molecular formula is C32H22BrFN2O4S. The number of aromatic carboxylic acids is 1. The molecule has 0 saturated heterocycles. The number of hydrogen-bond acceptors (Lipinski definition) is 4. The van der Waals surface area contributed by atoms with E-state index in [0.29, 0.717) is 20.9 Å². The van der Waals surface area contributed by atoms with Gasteiger partial charge in [-0.15, -0.1) is 11.8 Å². The molecule has 5 rings (SSSR count). The fourth-order valence-electron chi connectivity index (χ4n) is 4.35. The van der Waals surface area contributed by atoms with Crippen molar-refractivity contribution >= 4 is 67.6 Å². The van der Waals surface area contributed by atoms with Gasteiger partial charge in [0.15, 0.2) is 0 Å². The minimum atomic E-state index is -1.11. The van der Waals surface area contributed by atoms with E-state index in [1.807, 2.05) is 30.3 Å². The van der Waals surface area contributed by atoms with E-state index in [4.69, 9.17) is 0 Å². The predicted octanol–water partition coefficient (Wildman–Crippen LogP) is 8.16. The molecule has 0 saturated carbocycles. The van der Waals surface area contributed by atoms with Gasteiger partial charge in [-0.25, -0.2) is 9.18 Å². The first-order valence-electron chi connectivity index (χ1n) is 12.4. The summed E-state index contributed by atoms with van der Waals surface area (Å²) in [5, 5.41) is 15.5. The second kappa shape index (κ2) is 12.4. The van der Waals surface area contributed by atoms with E-state index in [9.17, 15) is 23.9 Å². The molecule has 2 amide bonds. The molecule has 0 fully saturated rings. The molecule has 3 N–H and O–H groups in total. The Balaban J connectivity index is 1.35. The average molecular weight is 630 g/mol. The molecular weight excluding hydrogens is 607 g/mol. The summed E-state index contributed by atoms with van der Waals surface area (Å²) in [7, 11) is 0. The van der Waals surface area contributed by atoms with Gasteiger partial charge in [0.2, 0.25) is 5.91 Å². The largest absolute Gasteiger partial charge is 0.478 e. The van der Waals surface area contributed by atoms with Gasteiger partial charge in [0, 0.05) is 26.0 Å². The summed E-state index contributed by atoms with van der Waals surface area (Å²) in [5.41, 5.74) is 1.63. The number of halogens is 2. The van der Waals surface area contributed by atoms with Gasteiger partial charge < -0.3 is 15.7 Å². The molecule has 0 radical (unpaired) electrons. The summed E-state index contributed by atoms with van der Waals surface area (Å²) >= 11 is 4.51. The van der Waals surface area contributed by atoms with Crippen molar-refractivity contribution in [2.75, 3.05) is 10.6 Å². The van der Waals surface area contributed by atoms with Crippen LogP contribution in [-0.4, -0.2) is 22.9 Å². The van der Waals surface area contributed by atoms with E-state index < -0.39 is 22.9 Å². The van der Waals surface area contributed by atoms with Crippen molar-refractivity contribution in [2.45, 2.75) is 10.1 Å². The quantitative estimate of drug-likeness (QED) is 0.151. The van der Waals surface area contributed by atoms with Gasteiger partial charge >= 0.3 is 5.97 Å². The Kier molecular flexibility index (Phi) is 8.47. The highest BCUT2D eigenvalue weighted by Crippen LogP contribution is 2.37. The molecule has 0 aliphatic rings. The fourth-order valence-corrected chi connectivity index (χ4v) is 5.71. The number of carbonyl (C=O) groups excluding carboxylic acids is 2. The van der Waals surface area contributed by atoms with E-state index in [-0.39, 0.29) is 22.7 Å². The number of amides is 2. The lowest BCUT2D eigenvalue weighted by Crippen LogP contribution is -2.19. The summed E-state index contributed by atoms with van der Waals surface area (Å²) in [6.07, 6.45) is 0. The number of carbonyl (C=O) groups is 3. The van der Waals surface area contributed by atoms with Crippen LogP contribution in [0.1, 0.15) is 31.5 Å². The van der Waals surface area contributed by atoms with Crippen LogP contribution in [0.15, 0.2) is 119 Å². The highest BCUT2D eigenvalue weighted by molar-refractivity contribution is 9.10. The van der Waals surface area contributed by atoms with Crippen molar-refractivity contribution in [2.24, 2.45) is 0 Å². The second-order valence-electron chi connectivity index (χ2n) is 9.01. The van der Waals surface area contributed by atoms with Crippen LogP contribution in [0.5, 0.6) is 0 Å². The molecule has 5 aromatic rings. The number of anilines is 2. The Bertz CT molecular complexity index is 1760. The fraction of sp³-hybridized carbons (Fsp3) is 0.0312. The number of hydrogen-bond donors (Lipinski definition) is 3. The third-order valence-electron chi connectivity index (χ3n) is 6.28. The number of fused-ring (bicyclic) bond motifs is 1. The van der Waals surface area contributed by atoms with Gasteiger partial charge in [-0.3, -0.25) is 9.59 Å². The maximum absolute atomic E-state index is 14.4. The summed E-state index contributed by atoms with van der Waals surface area (Å²) < 4.78 is 15.0. The van der Waals surface area contributed by atoms with Gasteiger partial charge in [0.1, 0.15) is 11.1 Å². The molecule has 0 heterocycles. The van der Waals surface area contributed by atoms with Crippen molar-refractivity contribution in [1.29, 1.82) is 0 Å². The SMILES string of the molecule is O=C(O)c1cccc2cccc(C(=O)Nc3ccc(SC(C(=O)Nc4ccc(Br)cc4F)c4ccccc4)cc3)c12. The zero-order valence-electron chi connectivity index (χ0n) is 21.3. The summed E-state index contributed by atoms with van der Waals surface area (Å²) in [5.74, 6) is -2.49. The minimum Gasteiger partial charge on any atom is -0.478 e. The van der Waals surface area contributed by atoms with Crippen LogP contribution in [-0.2, 0) is 4.79 Å². The predicted molar refractivity (Wildman–Crippen MR) is 163 cm³/mol. The molecule has 41 heavy (non-hydrogen) atoms. The van der Waals surface area contributed by atoms with E-state index in [2.05, 4.69) is 26.6 Å². The molecule has 204 valence electrons. The smallest absolute Gasteiger partial charge is 0.336 e. The molecule has 6 nitrogen and oxygen atoms in total. The van der Waals surface area contributed by atoms with E-state index >= 15 is 0 Å². The number of nitrogens with one attached hydrogen (secondary N) is 2. The summed E-state index contributed by atoms with van der Waals surface area (Å²) in [6, 6.07) is 30.5. The first kappa shape index (κ1) is 28.1. The van der Waals surface area contributed by atoms with Crippen LogP contribution in [0.2, 0.25) is 0 Å². The van der Waals surface area contributed by atoms with Gasteiger partial charge in [-0.1, -0.05) is 70.5 Å². The monoisotopic (exact) mass is 628 g/mol. The van der Waals surface area contributed by atoms with Gasteiger partial charge in [-0.05, 0) is 65.5 Å². The number of rotatable bonds is 8. The highest BCUT2D eigenvalue weighted by atomic mass is 79.9. The summed E-state index contributed by atoms with van der Waals surface area (Å²) in [6.45, 7) is 0. The molecule has 0 bridgehead atoms. The van der Waals surface area contributed by atoms with Gasteiger partial charge in [-0.2, -0.15) is 0 Å². The summed E-state index contributed by atoms with van der Waals surface area (Å²) in [4.78, 5) is 39.0. The molecule has 0 aliphatic heterocycles. The first-order valence-corrected chi connectivity index (χ1v) is 14.1. The average Bonchev–Trinajstić information content (AvgIpc) is 2.97. The molecule has 0 spiro atoms. The number of thioether (sulfide) groups is 1. The van der Waals surface area contributed by atoms with Crippen LogP contribution in [0, 0.1) is 5.82 Å². The topological polar surface area (TPSA) is 95.5 Å². The molecule has 1 atom stereocenters. The van der Waals surface area contributed by atoms with Crippen molar-refractivity contribution in [3.8, 4) is 0 Å². The van der Waals surface area contributed by atoms with Gasteiger partial charge in [0.05, 0.1) is 11.3 Å². The van der Waals surface area contributed by atoms with Crippen molar-refractivity contribution < 1.29 is 23.9 Å². The molecule has 0 aromatic heterocycles. The Labute approximate surface area is 247 Å². The molecule has 0 aliphatic carbocycles. The highest BCUT2D eigenvalue weighted by Gasteiger charge is 2.23. The molecule has 9 heteroatoms. The number of carboxylic acid groups (broad SMARTS) is 1. The standard InChI is InChI=1S/C32H22BrFN2O4S/c33-21-12-17-27(26(34)18-21)36-31(38)29(20-6-2-1-3-7-20)41-23-15-13-22(14-16-23)35-30(37)24-10-4-8-19-9-5-11-25(28(19)24)32(39)40/h1-18,29H,(H,35,37)(H,36,38)(H,39,40). The number of carboxylic acids is 1. The van der Waals surface area contributed by atoms with Crippen LogP contribution in [0.3, 0.4) is 0 Å². The molecule has 5 aromatic carbocycles. The second-order valence-corrected chi connectivity index (χ2v) is 11.1. The Morgan fingerprint density at radius 3 is 2.12 bits per heavy atom. The van der Waals surface area contributed by atoms with E-state index in [0.717, 1.165) is 10.5 Å². The normalized spacial score (nSPS) is 11.6. The van der Waals surface area contributed by atoms with E-state index in [1.165, 1.54) is 30.0 Å². The lowest BCUT2D eigenvalue weighted by Gasteiger charge is -2.18. The zero-order valence-corrected chi connectivity index (χ0v) is 23.7. The lowest BCUT2D eigenvalue weighted by molar-refractivity contribution is -0.115. The van der Waals surface area contributed by atoms with E-state index in [1.54, 1.807) is 60.7 Å². The third kappa shape index (κ3) is 6.48. The Morgan fingerprint density at radius 2 is 1.46 bits per heavy atom. The molecule has 1 unspecified atom stereocenters. The number of benzene rings is 5. The maximum atomic E-state index is 14.4. The lowest BCUT2D eigenvalue weighted by atomic mass is 9.98. The van der Waals surface area contributed by atoms with Crippen LogP contribution >= 0.6 is 27.7 Å². The van der Waals surface area contributed by atoms with Gasteiger partial charge in [0.25, 0.3) is 5.91 Å². The maximum Gasteiger partial charge on any atom is 0.336 e.